The Kier molecular flexibility index (Phi) is 2.85. The van der Waals surface area contributed by atoms with E-state index in [1.807, 2.05) is 0 Å². The molecule has 94 valence electrons. The van der Waals surface area contributed by atoms with Crippen molar-refractivity contribution >= 4 is 5.78 Å². The van der Waals surface area contributed by atoms with Crippen LogP contribution in [0.5, 0.6) is 0 Å². The average Bonchev–Trinajstić information content (AvgIpc) is 3.01. The van der Waals surface area contributed by atoms with E-state index in [-0.39, 0.29) is 5.92 Å². The van der Waals surface area contributed by atoms with Crippen molar-refractivity contribution in [1.82, 2.24) is 9.80 Å². The molecule has 1 aliphatic carbocycles. The summed E-state index contributed by atoms with van der Waals surface area (Å²) in [5.74, 6) is 0.606. The second-order valence-electron chi connectivity index (χ2n) is 5.65. The molecule has 2 saturated heterocycles. The van der Waals surface area contributed by atoms with Gasteiger partial charge in [0, 0.05) is 37.8 Å². The Balaban J connectivity index is 1.90. The SMILES string of the molecule is C[C@H]1CC(N2CCCC2)=C(N2CCCC2)C1=O. The largest absolute Gasteiger partial charge is 0.373 e. The van der Waals surface area contributed by atoms with E-state index in [1.54, 1.807) is 0 Å². The van der Waals surface area contributed by atoms with Gasteiger partial charge in [-0.25, -0.2) is 0 Å². The van der Waals surface area contributed by atoms with Gasteiger partial charge in [0.2, 0.25) is 0 Å². The summed E-state index contributed by atoms with van der Waals surface area (Å²) in [7, 11) is 0. The number of Topliss-reactive ketones (excluding diaryl/α,β-unsaturated/α-hetero) is 1. The van der Waals surface area contributed by atoms with Crippen LogP contribution in [0.15, 0.2) is 11.4 Å². The summed E-state index contributed by atoms with van der Waals surface area (Å²) in [6.07, 6.45) is 6.06. The Hall–Kier alpha value is -0.990. The zero-order valence-electron chi connectivity index (χ0n) is 10.7. The van der Waals surface area contributed by atoms with E-state index >= 15 is 0 Å². The van der Waals surface area contributed by atoms with Gasteiger partial charge < -0.3 is 9.80 Å². The smallest absolute Gasteiger partial charge is 0.183 e. The summed E-state index contributed by atoms with van der Waals surface area (Å²) in [5, 5.41) is 0. The summed E-state index contributed by atoms with van der Waals surface area (Å²) < 4.78 is 0. The van der Waals surface area contributed by atoms with Crippen molar-refractivity contribution in [2.24, 2.45) is 5.92 Å². The molecule has 0 N–H and O–H groups in total. The molecule has 3 nitrogen and oxygen atoms in total. The van der Waals surface area contributed by atoms with Crippen molar-refractivity contribution in [3.05, 3.63) is 11.4 Å². The molecule has 2 fully saturated rings. The number of allylic oxidation sites excluding steroid dienone is 2. The lowest BCUT2D eigenvalue weighted by atomic mass is 10.1. The minimum atomic E-state index is 0.209. The molecule has 0 aromatic rings. The molecule has 0 aromatic heterocycles. The summed E-state index contributed by atoms with van der Waals surface area (Å²) in [5.41, 5.74) is 2.44. The molecule has 0 aromatic carbocycles. The molecule has 0 spiro atoms. The Morgan fingerprint density at radius 2 is 1.47 bits per heavy atom. The number of likely N-dealkylation sites (tertiary alicyclic amines) is 2. The lowest BCUT2D eigenvalue weighted by Crippen LogP contribution is -2.28. The van der Waals surface area contributed by atoms with Crippen LogP contribution in [0.3, 0.4) is 0 Å². The minimum Gasteiger partial charge on any atom is -0.373 e. The lowest BCUT2D eigenvalue weighted by molar-refractivity contribution is -0.119. The number of hydrogen-bond donors (Lipinski definition) is 0. The van der Waals surface area contributed by atoms with Crippen molar-refractivity contribution in [2.75, 3.05) is 26.2 Å². The predicted octanol–water partition coefficient (Wildman–Crippen LogP) is 2.00. The first-order valence-corrected chi connectivity index (χ1v) is 7.04. The number of carbonyl (C=O) groups excluding carboxylic acids is 1. The molecule has 3 heteroatoms. The van der Waals surface area contributed by atoms with Gasteiger partial charge in [0.25, 0.3) is 0 Å². The maximum absolute atomic E-state index is 12.3. The molecule has 3 aliphatic rings. The van der Waals surface area contributed by atoms with Gasteiger partial charge in [-0.15, -0.1) is 0 Å². The standard InChI is InChI=1S/C14H22N2O/c1-11-10-12(15-6-2-3-7-15)13(14(11)17)16-8-4-5-9-16/h11H,2-10H2,1H3/t11-/m0/s1. The average molecular weight is 234 g/mol. The highest BCUT2D eigenvalue weighted by Crippen LogP contribution is 2.35. The molecular weight excluding hydrogens is 212 g/mol. The molecule has 0 radical (unpaired) electrons. The van der Waals surface area contributed by atoms with Gasteiger partial charge in [0.05, 0.1) is 0 Å². The molecule has 3 rings (SSSR count). The third kappa shape index (κ3) is 1.85. The zero-order chi connectivity index (χ0) is 11.8. The molecule has 0 bridgehead atoms. The molecule has 0 unspecified atom stereocenters. The highest BCUT2D eigenvalue weighted by molar-refractivity contribution is 5.99. The van der Waals surface area contributed by atoms with E-state index in [0.29, 0.717) is 5.78 Å². The zero-order valence-corrected chi connectivity index (χ0v) is 10.7. The van der Waals surface area contributed by atoms with Crippen LogP contribution in [-0.4, -0.2) is 41.8 Å². The number of hydrogen-bond acceptors (Lipinski definition) is 3. The Labute approximate surface area is 103 Å². The van der Waals surface area contributed by atoms with Crippen molar-refractivity contribution in [1.29, 1.82) is 0 Å². The number of ketones is 1. The first-order chi connectivity index (χ1) is 8.27. The molecule has 0 saturated carbocycles. The lowest BCUT2D eigenvalue weighted by Gasteiger charge is -2.25. The van der Waals surface area contributed by atoms with Crippen molar-refractivity contribution in [3.8, 4) is 0 Å². The van der Waals surface area contributed by atoms with Crippen molar-refractivity contribution < 1.29 is 4.79 Å². The van der Waals surface area contributed by atoms with Gasteiger partial charge in [-0.1, -0.05) is 6.92 Å². The molecule has 17 heavy (non-hydrogen) atoms. The molecular formula is C14H22N2O. The third-order valence-electron chi connectivity index (χ3n) is 4.36. The van der Waals surface area contributed by atoms with Crippen LogP contribution in [0, 0.1) is 5.92 Å². The number of nitrogens with zero attached hydrogens (tertiary/aromatic N) is 2. The topological polar surface area (TPSA) is 23.6 Å². The third-order valence-corrected chi connectivity index (χ3v) is 4.36. The van der Waals surface area contributed by atoms with Crippen LogP contribution in [0.4, 0.5) is 0 Å². The molecule has 1 atom stereocenters. The van der Waals surface area contributed by atoms with Crippen LogP contribution < -0.4 is 0 Å². The second-order valence-corrected chi connectivity index (χ2v) is 5.65. The maximum Gasteiger partial charge on any atom is 0.183 e. The van der Waals surface area contributed by atoms with Crippen LogP contribution in [0.2, 0.25) is 0 Å². The van der Waals surface area contributed by atoms with E-state index in [2.05, 4.69) is 16.7 Å². The van der Waals surface area contributed by atoms with Crippen LogP contribution in [-0.2, 0) is 4.79 Å². The fourth-order valence-electron chi connectivity index (χ4n) is 3.40. The van der Waals surface area contributed by atoms with Gasteiger partial charge >= 0.3 is 0 Å². The van der Waals surface area contributed by atoms with Crippen molar-refractivity contribution in [2.45, 2.75) is 39.0 Å². The van der Waals surface area contributed by atoms with E-state index in [0.717, 1.165) is 38.3 Å². The highest BCUT2D eigenvalue weighted by Gasteiger charge is 2.37. The quantitative estimate of drug-likeness (QED) is 0.730. The van der Waals surface area contributed by atoms with Crippen LogP contribution in [0.25, 0.3) is 0 Å². The summed E-state index contributed by atoms with van der Waals surface area (Å²) >= 11 is 0. The van der Waals surface area contributed by atoms with Crippen LogP contribution in [0.1, 0.15) is 39.0 Å². The summed E-state index contributed by atoms with van der Waals surface area (Å²) in [4.78, 5) is 17.1. The Morgan fingerprint density at radius 3 is 2.06 bits per heavy atom. The van der Waals surface area contributed by atoms with Gasteiger partial charge in [-0.2, -0.15) is 0 Å². The van der Waals surface area contributed by atoms with Gasteiger partial charge in [0.1, 0.15) is 5.70 Å². The minimum absolute atomic E-state index is 0.209. The van der Waals surface area contributed by atoms with Gasteiger partial charge in [0.15, 0.2) is 5.78 Å². The highest BCUT2D eigenvalue weighted by atomic mass is 16.1. The maximum atomic E-state index is 12.3. The van der Waals surface area contributed by atoms with E-state index < -0.39 is 0 Å². The second kappa shape index (κ2) is 4.35. The molecule has 2 heterocycles. The monoisotopic (exact) mass is 234 g/mol. The van der Waals surface area contributed by atoms with Crippen molar-refractivity contribution in [3.63, 3.8) is 0 Å². The fraction of sp³-hybridized carbons (Fsp3) is 0.786. The first-order valence-electron chi connectivity index (χ1n) is 7.04. The van der Waals surface area contributed by atoms with Gasteiger partial charge in [-0.05, 0) is 32.1 Å². The number of carbonyl (C=O) groups is 1. The predicted molar refractivity (Wildman–Crippen MR) is 67.4 cm³/mol. The first kappa shape index (κ1) is 11.1. The normalized spacial score (nSPS) is 29.9. The van der Waals surface area contributed by atoms with E-state index in [9.17, 15) is 4.79 Å². The molecule has 2 aliphatic heterocycles. The molecule has 0 amide bonds. The van der Waals surface area contributed by atoms with E-state index in [4.69, 9.17) is 0 Å². The van der Waals surface area contributed by atoms with E-state index in [1.165, 1.54) is 31.4 Å². The Bertz CT molecular complexity index is 349. The fourth-order valence-corrected chi connectivity index (χ4v) is 3.40. The Morgan fingerprint density at radius 1 is 0.941 bits per heavy atom. The van der Waals surface area contributed by atoms with Crippen LogP contribution >= 0.6 is 0 Å². The summed E-state index contributed by atoms with van der Waals surface area (Å²) in [6, 6.07) is 0. The van der Waals surface area contributed by atoms with Gasteiger partial charge in [-0.3, -0.25) is 4.79 Å². The number of rotatable bonds is 2. The summed E-state index contributed by atoms with van der Waals surface area (Å²) in [6.45, 7) is 6.58.